The van der Waals surface area contributed by atoms with Gasteiger partial charge < -0.3 is 19.9 Å². The lowest BCUT2D eigenvalue weighted by Crippen LogP contribution is -2.47. The summed E-state index contributed by atoms with van der Waals surface area (Å²) < 4.78 is 5.22. The summed E-state index contributed by atoms with van der Waals surface area (Å²) in [4.78, 5) is 17.5. The molecule has 1 aliphatic carbocycles. The number of rotatable bonds is 5. The molecule has 0 radical (unpaired) electrons. The zero-order valence-corrected chi connectivity index (χ0v) is 14.9. The smallest absolute Gasteiger partial charge is 0.231 e. The van der Waals surface area contributed by atoms with Crippen LogP contribution < -0.4 is 19.9 Å². The number of benzene rings is 1. The molecule has 2 aromatic rings. The minimum atomic E-state index is 0.241. The van der Waals surface area contributed by atoms with E-state index < -0.39 is 0 Å². The molecule has 1 aromatic carbocycles. The molecular formula is C17H21ClN6O. The summed E-state index contributed by atoms with van der Waals surface area (Å²) in [5.41, 5.74) is 1.20. The molecule has 4 rings (SSSR count). The van der Waals surface area contributed by atoms with Crippen molar-refractivity contribution in [1.82, 2.24) is 15.0 Å². The van der Waals surface area contributed by atoms with Crippen molar-refractivity contribution in [3.05, 3.63) is 29.5 Å². The Morgan fingerprint density at radius 1 is 1.00 bits per heavy atom. The van der Waals surface area contributed by atoms with Gasteiger partial charge in [0.05, 0.1) is 7.11 Å². The van der Waals surface area contributed by atoms with E-state index >= 15 is 0 Å². The Balaban J connectivity index is 1.41. The Morgan fingerprint density at radius 3 is 2.32 bits per heavy atom. The van der Waals surface area contributed by atoms with E-state index in [-0.39, 0.29) is 5.28 Å². The highest BCUT2D eigenvalue weighted by Crippen LogP contribution is 2.25. The molecule has 7 nitrogen and oxygen atoms in total. The van der Waals surface area contributed by atoms with Gasteiger partial charge in [-0.1, -0.05) is 0 Å². The van der Waals surface area contributed by atoms with Crippen molar-refractivity contribution in [1.29, 1.82) is 0 Å². The Hall–Kier alpha value is -2.28. The normalized spacial score (nSPS) is 17.5. The number of nitrogens with zero attached hydrogens (tertiary/aromatic N) is 5. The molecule has 2 aliphatic rings. The number of halogens is 1. The number of piperazine rings is 1. The lowest BCUT2D eigenvalue weighted by Gasteiger charge is -2.36. The summed E-state index contributed by atoms with van der Waals surface area (Å²) in [5.74, 6) is 2.10. The highest BCUT2D eigenvalue weighted by Gasteiger charge is 2.24. The van der Waals surface area contributed by atoms with Crippen LogP contribution in [0.5, 0.6) is 5.75 Å². The molecule has 2 fully saturated rings. The van der Waals surface area contributed by atoms with Gasteiger partial charge in [0.15, 0.2) is 0 Å². The summed E-state index contributed by atoms with van der Waals surface area (Å²) in [6.45, 7) is 3.49. The van der Waals surface area contributed by atoms with E-state index in [0.717, 1.165) is 31.9 Å². The number of hydrogen-bond acceptors (Lipinski definition) is 7. The average molecular weight is 361 g/mol. The molecule has 0 spiro atoms. The topological polar surface area (TPSA) is 66.4 Å². The first-order chi connectivity index (χ1) is 12.2. The number of methoxy groups -OCH3 is 1. The van der Waals surface area contributed by atoms with E-state index in [1.54, 1.807) is 7.11 Å². The highest BCUT2D eigenvalue weighted by atomic mass is 35.5. The monoisotopic (exact) mass is 360 g/mol. The number of aromatic nitrogens is 3. The SMILES string of the molecule is COc1ccc(N2CCN(c3nc(Cl)nc(NC4CC4)n3)CC2)cc1. The summed E-state index contributed by atoms with van der Waals surface area (Å²) >= 11 is 6.08. The molecule has 0 amide bonds. The lowest BCUT2D eigenvalue weighted by molar-refractivity contribution is 0.415. The molecule has 1 N–H and O–H groups in total. The molecule has 8 heteroatoms. The summed E-state index contributed by atoms with van der Waals surface area (Å²) in [7, 11) is 1.68. The molecule has 1 saturated heterocycles. The Kier molecular flexibility index (Phi) is 4.48. The second-order valence-electron chi connectivity index (χ2n) is 6.32. The van der Waals surface area contributed by atoms with Crippen molar-refractivity contribution in [2.45, 2.75) is 18.9 Å². The van der Waals surface area contributed by atoms with Crippen molar-refractivity contribution in [2.75, 3.05) is 48.4 Å². The van der Waals surface area contributed by atoms with Crippen LogP contribution in [0, 0.1) is 0 Å². The van der Waals surface area contributed by atoms with E-state index in [4.69, 9.17) is 16.3 Å². The lowest BCUT2D eigenvalue weighted by atomic mass is 10.2. The second kappa shape index (κ2) is 6.92. The highest BCUT2D eigenvalue weighted by molar-refractivity contribution is 6.28. The quantitative estimate of drug-likeness (QED) is 0.878. The molecular weight excluding hydrogens is 340 g/mol. The van der Waals surface area contributed by atoms with Crippen molar-refractivity contribution in [2.24, 2.45) is 0 Å². The molecule has 132 valence electrons. The fourth-order valence-corrected chi connectivity index (χ4v) is 3.07. The van der Waals surface area contributed by atoms with E-state index in [1.165, 1.54) is 18.5 Å². The Labute approximate surface area is 152 Å². The molecule has 0 atom stereocenters. The van der Waals surface area contributed by atoms with Crippen molar-refractivity contribution < 1.29 is 4.74 Å². The van der Waals surface area contributed by atoms with Crippen LogP contribution in [0.25, 0.3) is 0 Å². The molecule has 0 unspecified atom stereocenters. The van der Waals surface area contributed by atoms with Gasteiger partial charge in [0.2, 0.25) is 17.2 Å². The van der Waals surface area contributed by atoms with Gasteiger partial charge in [-0.25, -0.2) is 0 Å². The number of ether oxygens (including phenoxy) is 1. The van der Waals surface area contributed by atoms with Crippen molar-refractivity contribution >= 4 is 29.2 Å². The van der Waals surface area contributed by atoms with Crippen LogP contribution in [0.15, 0.2) is 24.3 Å². The molecule has 1 aromatic heterocycles. The van der Waals surface area contributed by atoms with Gasteiger partial charge >= 0.3 is 0 Å². The van der Waals surface area contributed by atoms with E-state index in [1.807, 2.05) is 12.1 Å². The van der Waals surface area contributed by atoms with Gasteiger partial charge in [0, 0.05) is 37.9 Å². The predicted octanol–water partition coefficient (Wildman–Crippen LogP) is 2.43. The summed E-state index contributed by atoms with van der Waals surface area (Å²) in [6, 6.07) is 8.64. The van der Waals surface area contributed by atoms with Gasteiger partial charge in [-0.15, -0.1) is 0 Å². The van der Waals surface area contributed by atoms with Crippen LogP contribution in [-0.4, -0.2) is 54.3 Å². The molecule has 2 heterocycles. The second-order valence-corrected chi connectivity index (χ2v) is 6.66. The third kappa shape index (κ3) is 3.87. The van der Waals surface area contributed by atoms with Gasteiger partial charge in [-0.3, -0.25) is 0 Å². The first-order valence-electron chi connectivity index (χ1n) is 8.53. The van der Waals surface area contributed by atoms with Crippen molar-refractivity contribution in [3.8, 4) is 5.75 Å². The summed E-state index contributed by atoms with van der Waals surface area (Å²) in [5, 5.41) is 3.53. The molecule has 25 heavy (non-hydrogen) atoms. The Bertz CT molecular complexity index is 728. The average Bonchev–Trinajstić information content (AvgIpc) is 3.45. The predicted molar refractivity (Wildman–Crippen MR) is 98.9 cm³/mol. The summed E-state index contributed by atoms with van der Waals surface area (Å²) in [6.07, 6.45) is 2.33. The van der Waals surface area contributed by atoms with E-state index in [0.29, 0.717) is 17.9 Å². The van der Waals surface area contributed by atoms with Crippen molar-refractivity contribution in [3.63, 3.8) is 0 Å². The van der Waals surface area contributed by atoms with Gasteiger partial charge in [-0.2, -0.15) is 15.0 Å². The third-order valence-electron chi connectivity index (χ3n) is 4.51. The van der Waals surface area contributed by atoms with Crippen LogP contribution in [0.2, 0.25) is 5.28 Å². The van der Waals surface area contributed by atoms with Crippen LogP contribution in [0.3, 0.4) is 0 Å². The van der Waals surface area contributed by atoms with E-state index in [2.05, 4.69) is 42.2 Å². The maximum Gasteiger partial charge on any atom is 0.231 e. The van der Waals surface area contributed by atoms with Gasteiger partial charge in [0.1, 0.15) is 5.75 Å². The number of anilines is 3. The van der Waals surface area contributed by atoms with Crippen LogP contribution in [0.4, 0.5) is 17.6 Å². The first kappa shape index (κ1) is 16.2. The molecule has 0 bridgehead atoms. The zero-order chi connectivity index (χ0) is 17.2. The largest absolute Gasteiger partial charge is 0.497 e. The zero-order valence-electron chi connectivity index (χ0n) is 14.2. The maximum atomic E-state index is 6.08. The minimum absolute atomic E-state index is 0.241. The minimum Gasteiger partial charge on any atom is -0.497 e. The Morgan fingerprint density at radius 2 is 1.68 bits per heavy atom. The third-order valence-corrected chi connectivity index (χ3v) is 4.68. The maximum absolute atomic E-state index is 6.08. The van der Waals surface area contributed by atoms with E-state index in [9.17, 15) is 0 Å². The molecule has 1 aliphatic heterocycles. The van der Waals surface area contributed by atoms with Crippen LogP contribution in [-0.2, 0) is 0 Å². The molecule has 1 saturated carbocycles. The first-order valence-corrected chi connectivity index (χ1v) is 8.91. The number of nitrogens with one attached hydrogen (secondary N) is 1. The fourth-order valence-electron chi connectivity index (χ4n) is 2.91. The standard InChI is InChI=1S/C17H21ClN6O/c1-25-14-6-4-13(5-7-14)23-8-10-24(11-9-23)17-21-15(18)20-16(22-17)19-12-2-3-12/h4-7,12H,2-3,8-11H2,1H3,(H,19,20,21,22). The van der Waals surface area contributed by atoms with Gasteiger partial charge in [0.25, 0.3) is 0 Å². The number of hydrogen-bond donors (Lipinski definition) is 1. The van der Waals surface area contributed by atoms with Crippen LogP contribution in [0.1, 0.15) is 12.8 Å². The van der Waals surface area contributed by atoms with Crippen LogP contribution >= 0.6 is 11.6 Å². The van der Waals surface area contributed by atoms with Gasteiger partial charge in [-0.05, 0) is 48.7 Å². The fraction of sp³-hybridized carbons (Fsp3) is 0.471.